The molecule has 2 aromatic carbocycles. The van der Waals surface area contributed by atoms with Gasteiger partial charge >= 0.3 is 0 Å². The number of halogens is 3. The van der Waals surface area contributed by atoms with Crippen LogP contribution in [0.3, 0.4) is 0 Å². The molecule has 3 N–H and O–H groups in total. The molecule has 0 fully saturated rings. The number of para-hydroxylation sites is 1. The highest BCUT2D eigenvalue weighted by molar-refractivity contribution is 5.92. The highest BCUT2D eigenvalue weighted by Crippen LogP contribution is 2.25. The van der Waals surface area contributed by atoms with E-state index < -0.39 is 29.8 Å². The lowest BCUT2D eigenvalue weighted by atomic mass is 10.0. The summed E-state index contributed by atoms with van der Waals surface area (Å²) in [6, 6.07) is 11.0. The number of carbonyl (C=O) groups excluding carboxylic acids is 1. The Balaban J connectivity index is 1.87. The van der Waals surface area contributed by atoms with Gasteiger partial charge < -0.3 is 11.1 Å². The first-order chi connectivity index (χ1) is 13.8. The molecule has 29 heavy (non-hydrogen) atoms. The van der Waals surface area contributed by atoms with Crippen LogP contribution in [0.5, 0.6) is 0 Å². The molecule has 0 radical (unpaired) electrons. The number of nitrogens with two attached hydrogens (primary N) is 1. The van der Waals surface area contributed by atoms with E-state index in [9.17, 15) is 22.8 Å². The molecular weight excluding hydrogens is 385 g/mol. The summed E-state index contributed by atoms with van der Waals surface area (Å²) in [6.45, 7) is 1.59. The van der Waals surface area contributed by atoms with Crippen LogP contribution < -0.4 is 16.6 Å². The van der Waals surface area contributed by atoms with Crippen molar-refractivity contribution in [2.45, 2.75) is 19.4 Å². The number of anilines is 1. The molecule has 9 heteroatoms. The van der Waals surface area contributed by atoms with Crippen LogP contribution in [0.2, 0.25) is 0 Å². The zero-order valence-electron chi connectivity index (χ0n) is 15.3. The van der Waals surface area contributed by atoms with E-state index in [2.05, 4.69) is 10.4 Å². The maximum Gasteiger partial charge on any atom is 0.272 e. The van der Waals surface area contributed by atoms with Crippen LogP contribution in [-0.4, -0.2) is 15.7 Å². The van der Waals surface area contributed by atoms with Crippen molar-refractivity contribution in [3.63, 3.8) is 0 Å². The molecule has 3 rings (SSSR count). The van der Waals surface area contributed by atoms with Crippen molar-refractivity contribution < 1.29 is 18.0 Å². The van der Waals surface area contributed by atoms with Crippen molar-refractivity contribution in [2.24, 2.45) is 0 Å². The molecule has 0 unspecified atom stereocenters. The quantitative estimate of drug-likeness (QED) is 0.641. The number of hydrogen-bond donors (Lipinski definition) is 2. The number of amides is 1. The van der Waals surface area contributed by atoms with Gasteiger partial charge in [-0.25, -0.2) is 13.2 Å². The monoisotopic (exact) mass is 402 g/mol. The maximum absolute atomic E-state index is 14.0. The fourth-order valence-electron chi connectivity index (χ4n) is 2.76. The molecule has 0 aliphatic heterocycles. The summed E-state index contributed by atoms with van der Waals surface area (Å²) in [5.74, 6) is -1.34. The summed E-state index contributed by atoms with van der Waals surface area (Å²) in [7, 11) is 0. The lowest BCUT2D eigenvalue weighted by Gasteiger charge is -2.16. The molecule has 1 heterocycles. The minimum atomic E-state index is -2.70. The highest BCUT2D eigenvalue weighted by atomic mass is 19.3. The number of nitrogens with zero attached hydrogens (tertiary/aromatic N) is 2. The molecule has 150 valence electrons. The van der Waals surface area contributed by atoms with E-state index in [0.29, 0.717) is 5.56 Å². The normalized spacial score (nSPS) is 12.0. The molecule has 6 nitrogen and oxygen atoms in total. The second-order valence-electron chi connectivity index (χ2n) is 6.35. The van der Waals surface area contributed by atoms with Gasteiger partial charge in [0.25, 0.3) is 17.9 Å². The van der Waals surface area contributed by atoms with Crippen molar-refractivity contribution in [3.8, 4) is 5.69 Å². The molecule has 0 aliphatic carbocycles. The topological polar surface area (TPSA) is 90.0 Å². The fraction of sp³-hybridized carbons (Fsp3) is 0.150. The summed E-state index contributed by atoms with van der Waals surface area (Å²) in [4.78, 5) is 24.6. The van der Waals surface area contributed by atoms with Crippen LogP contribution in [0.4, 0.5) is 18.9 Å². The molecule has 3 aromatic rings. The third-order valence-electron chi connectivity index (χ3n) is 4.21. The molecule has 1 atom stereocenters. The van der Waals surface area contributed by atoms with E-state index >= 15 is 0 Å². The van der Waals surface area contributed by atoms with E-state index in [0.717, 1.165) is 16.8 Å². The van der Waals surface area contributed by atoms with Gasteiger partial charge in [0.05, 0.1) is 6.04 Å². The Hall–Kier alpha value is -3.62. The van der Waals surface area contributed by atoms with E-state index in [-0.39, 0.29) is 22.6 Å². The summed E-state index contributed by atoms with van der Waals surface area (Å²) in [5, 5.41) is 6.53. The smallest absolute Gasteiger partial charge is 0.272 e. The second kappa shape index (κ2) is 8.17. The molecule has 0 bridgehead atoms. The Morgan fingerprint density at radius 1 is 1.10 bits per heavy atom. The predicted octanol–water partition coefficient (Wildman–Crippen LogP) is 3.38. The van der Waals surface area contributed by atoms with Crippen LogP contribution in [0.1, 0.15) is 41.0 Å². The first-order valence-corrected chi connectivity index (χ1v) is 8.61. The molecule has 0 saturated heterocycles. The number of nitrogen functional groups attached to an aromatic ring is 1. The van der Waals surface area contributed by atoms with Gasteiger partial charge in [0.15, 0.2) is 0 Å². The Labute approximate surface area is 163 Å². The zero-order chi connectivity index (χ0) is 21.1. The molecule has 0 aliphatic rings. The van der Waals surface area contributed by atoms with E-state index in [1.54, 1.807) is 6.92 Å². The predicted molar refractivity (Wildman–Crippen MR) is 101 cm³/mol. The highest BCUT2D eigenvalue weighted by Gasteiger charge is 2.17. The molecule has 1 aromatic heterocycles. The third-order valence-corrected chi connectivity index (χ3v) is 4.21. The first kappa shape index (κ1) is 20.1. The van der Waals surface area contributed by atoms with Crippen LogP contribution in [-0.2, 0) is 0 Å². The summed E-state index contributed by atoms with van der Waals surface area (Å²) < 4.78 is 40.7. The Kier molecular flexibility index (Phi) is 5.67. The van der Waals surface area contributed by atoms with Gasteiger partial charge in [-0.05, 0) is 48.9 Å². The van der Waals surface area contributed by atoms with E-state index in [1.165, 1.54) is 42.5 Å². The Morgan fingerprint density at radius 3 is 2.48 bits per heavy atom. The number of carbonyl (C=O) groups is 1. The molecule has 0 spiro atoms. The largest absolute Gasteiger partial charge is 0.399 e. The number of benzene rings is 2. The SMILES string of the molecule is C[C@@H](NC(=O)c1ccc(=O)n(-c2ccccc2F)n1)c1cc(N)cc(C(F)F)c1. The van der Waals surface area contributed by atoms with Gasteiger partial charge in [0, 0.05) is 17.3 Å². The minimum Gasteiger partial charge on any atom is -0.399 e. The standard InChI is InChI=1S/C20H17F3N4O2/c1-11(12-8-13(19(22)23)10-14(24)9-12)25-20(29)16-6-7-18(28)27(26-16)17-5-3-2-4-15(17)21/h2-11,19H,24H2,1H3,(H,25,29)/t11-/m1/s1. The van der Waals surface area contributed by atoms with Crippen LogP contribution in [0.25, 0.3) is 5.69 Å². The van der Waals surface area contributed by atoms with Crippen molar-refractivity contribution in [1.82, 2.24) is 15.1 Å². The molecule has 0 saturated carbocycles. The Bertz CT molecular complexity index is 1110. The number of nitrogens with one attached hydrogen (secondary N) is 1. The summed E-state index contributed by atoms with van der Waals surface area (Å²) in [5.41, 5.74) is 5.08. The number of aromatic nitrogens is 2. The van der Waals surface area contributed by atoms with Gasteiger partial charge in [-0.3, -0.25) is 9.59 Å². The maximum atomic E-state index is 14.0. The van der Waals surface area contributed by atoms with Gasteiger partial charge in [-0.2, -0.15) is 9.78 Å². The first-order valence-electron chi connectivity index (χ1n) is 8.61. The van der Waals surface area contributed by atoms with Crippen LogP contribution >= 0.6 is 0 Å². The van der Waals surface area contributed by atoms with Crippen molar-refractivity contribution in [3.05, 3.63) is 87.6 Å². The van der Waals surface area contributed by atoms with Crippen molar-refractivity contribution in [1.29, 1.82) is 0 Å². The van der Waals surface area contributed by atoms with Crippen molar-refractivity contribution in [2.75, 3.05) is 5.73 Å². The van der Waals surface area contributed by atoms with Gasteiger partial charge in [0.1, 0.15) is 17.2 Å². The van der Waals surface area contributed by atoms with E-state index in [4.69, 9.17) is 5.73 Å². The summed E-state index contributed by atoms with van der Waals surface area (Å²) in [6.07, 6.45) is -2.70. The zero-order valence-corrected chi connectivity index (χ0v) is 15.3. The number of alkyl halides is 2. The van der Waals surface area contributed by atoms with Crippen LogP contribution in [0, 0.1) is 5.82 Å². The van der Waals surface area contributed by atoms with Gasteiger partial charge in [0.2, 0.25) is 0 Å². The molecule has 1 amide bonds. The summed E-state index contributed by atoms with van der Waals surface area (Å²) >= 11 is 0. The van der Waals surface area contributed by atoms with Crippen molar-refractivity contribution >= 4 is 11.6 Å². The van der Waals surface area contributed by atoms with Crippen LogP contribution in [0.15, 0.2) is 59.4 Å². The lowest BCUT2D eigenvalue weighted by molar-refractivity contribution is 0.0933. The second-order valence-corrected chi connectivity index (χ2v) is 6.35. The van der Waals surface area contributed by atoms with Gasteiger partial charge in [-0.15, -0.1) is 0 Å². The Morgan fingerprint density at radius 2 is 1.79 bits per heavy atom. The average molecular weight is 402 g/mol. The van der Waals surface area contributed by atoms with E-state index in [1.807, 2.05) is 0 Å². The fourth-order valence-corrected chi connectivity index (χ4v) is 2.76. The minimum absolute atomic E-state index is 0.0994. The number of hydrogen-bond acceptors (Lipinski definition) is 4. The van der Waals surface area contributed by atoms with Gasteiger partial charge in [-0.1, -0.05) is 12.1 Å². The average Bonchev–Trinajstić information content (AvgIpc) is 2.68. The third kappa shape index (κ3) is 4.45. The lowest BCUT2D eigenvalue weighted by Crippen LogP contribution is -2.31. The molecular formula is C20H17F3N4O2. The number of rotatable bonds is 5.